The van der Waals surface area contributed by atoms with Gasteiger partial charge >= 0.3 is 0 Å². The van der Waals surface area contributed by atoms with Crippen molar-refractivity contribution >= 4 is 16.7 Å². The molecule has 0 unspecified atom stereocenters. The summed E-state index contributed by atoms with van der Waals surface area (Å²) in [6.45, 7) is 1.89. The Balaban J connectivity index is 1.58. The van der Waals surface area contributed by atoms with Gasteiger partial charge in [0.2, 0.25) is 0 Å². The number of hydrogen-bond donors (Lipinski definition) is 2. The number of aromatic amines is 1. The summed E-state index contributed by atoms with van der Waals surface area (Å²) in [7, 11) is 0. The first kappa shape index (κ1) is 18.5. The number of aromatic nitrogens is 1. The van der Waals surface area contributed by atoms with Gasteiger partial charge in [-0.05, 0) is 31.5 Å². The summed E-state index contributed by atoms with van der Waals surface area (Å²) < 4.78 is 20.7. The van der Waals surface area contributed by atoms with E-state index in [2.05, 4.69) is 9.88 Å². The van der Waals surface area contributed by atoms with Crippen LogP contribution in [0.4, 0.5) is 4.39 Å². The van der Waals surface area contributed by atoms with Gasteiger partial charge in [0.15, 0.2) is 5.78 Å². The van der Waals surface area contributed by atoms with Crippen LogP contribution in [0.2, 0.25) is 0 Å². The Labute approximate surface area is 168 Å². The van der Waals surface area contributed by atoms with Gasteiger partial charge in [-0.15, -0.1) is 0 Å². The summed E-state index contributed by atoms with van der Waals surface area (Å²) in [6.07, 6.45) is 1.90. The fourth-order valence-corrected chi connectivity index (χ4v) is 4.79. The van der Waals surface area contributed by atoms with E-state index in [9.17, 15) is 9.90 Å². The number of rotatable bonds is 4. The number of nitrogens with zero attached hydrogens (tertiary/aromatic N) is 1. The standard InChI is InChI=1S/C23H23FN2O3/c24-18-11-14(6-7-15(18)20-5-2-8-26(20)9-10-27)23-17-12-29-13-21(28)16-3-1-4-19(25-23)22(16)17/h1,3-4,6-7,11,20,25,27H,2,5,8-10,12-13H2/t20-/m1/s1. The van der Waals surface area contributed by atoms with E-state index in [1.807, 2.05) is 30.3 Å². The van der Waals surface area contributed by atoms with Crippen LogP contribution < -0.4 is 0 Å². The molecule has 3 aromatic rings. The van der Waals surface area contributed by atoms with Crippen molar-refractivity contribution in [2.75, 3.05) is 26.3 Å². The lowest BCUT2D eigenvalue weighted by atomic mass is 9.98. The Morgan fingerprint density at radius 3 is 2.97 bits per heavy atom. The van der Waals surface area contributed by atoms with Gasteiger partial charge in [0, 0.05) is 45.7 Å². The third-order valence-electron chi connectivity index (χ3n) is 6.11. The number of ketones is 1. The van der Waals surface area contributed by atoms with Crippen molar-refractivity contribution < 1.29 is 19.0 Å². The van der Waals surface area contributed by atoms with Crippen LogP contribution >= 0.6 is 0 Å². The fraction of sp³-hybridized carbons (Fsp3) is 0.348. The fourth-order valence-electron chi connectivity index (χ4n) is 4.79. The summed E-state index contributed by atoms with van der Waals surface area (Å²) >= 11 is 0. The molecule has 0 radical (unpaired) electrons. The van der Waals surface area contributed by atoms with Crippen molar-refractivity contribution in [3.63, 3.8) is 0 Å². The predicted molar refractivity (Wildman–Crippen MR) is 108 cm³/mol. The van der Waals surface area contributed by atoms with Gasteiger partial charge in [0.1, 0.15) is 12.4 Å². The van der Waals surface area contributed by atoms with Gasteiger partial charge in [-0.3, -0.25) is 9.69 Å². The van der Waals surface area contributed by atoms with Crippen LogP contribution in [0.25, 0.3) is 22.2 Å². The lowest BCUT2D eigenvalue weighted by Gasteiger charge is -2.24. The van der Waals surface area contributed by atoms with E-state index >= 15 is 4.39 Å². The normalized spacial score (nSPS) is 19.8. The van der Waals surface area contributed by atoms with Crippen LogP contribution in [0.5, 0.6) is 0 Å². The molecule has 1 atom stereocenters. The maximum atomic E-state index is 15.1. The van der Waals surface area contributed by atoms with Crippen molar-refractivity contribution in [1.29, 1.82) is 0 Å². The second-order valence-corrected chi connectivity index (χ2v) is 7.78. The van der Waals surface area contributed by atoms with Crippen LogP contribution in [-0.2, 0) is 11.3 Å². The summed E-state index contributed by atoms with van der Waals surface area (Å²) in [5.74, 6) is -0.277. The largest absolute Gasteiger partial charge is 0.395 e. The number of hydrogen-bond acceptors (Lipinski definition) is 4. The molecule has 1 fully saturated rings. The van der Waals surface area contributed by atoms with E-state index in [-0.39, 0.29) is 30.9 Å². The van der Waals surface area contributed by atoms with Gasteiger partial charge in [-0.25, -0.2) is 4.39 Å². The van der Waals surface area contributed by atoms with Crippen LogP contribution in [0.3, 0.4) is 0 Å². The minimum Gasteiger partial charge on any atom is -0.395 e. The Kier molecular flexibility index (Phi) is 4.70. The molecule has 150 valence electrons. The first-order chi connectivity index (χ1) is 14.2. The Bertz CT molecular complexity index is 1090. The zero-order valence-corrected chi connectivity index (χ0v) is 16.1. The molecule has 2 aliphatic heterocycles. The third kappa shape index (κ3) is 3.08. The number of β-amino-alcohol motifs (C(OH)–C–C–N with tert-alkyl or cyclic N) is 1. The van der Waals surface area contributed by atoms with Gasteiger partial charge in [0.25, 0.3) is 0 Å². The molecule has 0 bridgehead atoms. The molecule has 29 heavy (non-hydrogen) atoms. The van der Waals surface area contributed by atoms with Crippen molar-refractivity contribution in [3.8, 4) is 11.3 Å². The molecule has 0 spiro atoms. The number of carbonyl (C=O) groups is 1. The van der Waals surface area contributed by atoms with Crippen molar-refractivity contribution in [1.82, 2.24) is 9.88 Å². The van der Waals surface area contributed by atoms with Crippen molar-refractivity contribution in [2.45, 2.75) is 25.5 Å². The van der Waals surface area contributed by atoms with Gasteiger partial charge < -0.3 is 14.8 Å². The molecule has 2 aromatic carbocycles. The first-order valence-corrected chi connectivity index (χ1v) is 10.1. The van der Waals surface area contributed by atoms with Crippen LogP contribution in [0.1, 0.15) is 40.4 Å². The average molecular weight is 394 g/mol. The molecule has 6 heteroatoms. The summed E-state index contributed by atoms with van der Waals surface area (Å²) in [6, 6.07) is 11.0. The molecule has 0 aliphatic carbocycles. The number of Topliss-reactive ketones (excluding diaryl/α,β-unsaturated/α-hetero) is 1. The Hall–Kier alpha value is -2.54. The molecule has 5 rings (SSSR count). The highest BCUT2D eigenvalue weighted by molar-refractivity contribution is 6.11. The number of carbonyl (C=O) groups excluding carboxylic acids is 1. The van der Waals surface area contributed by atoms with E-state index in [4.69, 9.17) is 4.74 Å². The quantitative estimate of drug-likeness (QED) is 0.706. The SMILES string of the molecule is O=C1COCc2c(-c3ccc([C@H]4CCCN4CCO)c(F)c3)[nH]c3cccc1c23. The molecule has 2 aliphatic rings. The molecule has 0 saturated carbocycles. The number of ether oxygens (including phenoxy) is 1. The van der Waals surface area contributed by atoms with Crippen LogP contribution in [-0.4, -0.2) is 47.1 Å². The second-order valence-electron chi connectivity index (χ2n) is 7.78. The van der Waals surface area contributed by atoms with Crippen LogP contribution in [0, 0.1) is 5.82 Å². The zero-order valence-electron chi connectivity index (χ0n) is 16.1. The van der Waals surface area contributed by atoms with Crippen molar-refractivity contribution in [2.24, 2.45) is 0 Å². The first-order valence-electron chi connectivity index (χ1n) is 10.1. The zero-order chi connectivity index (χ0) is 20.0. The van der Waals surface area contributed by atoms with Crippen molar-refractivity contribution in [3.05, 3.63) is 58.9 Å². The number of likely N-dealkylation sites (tertiary alicyclic amines) is 1. The highest BCUT2D eigenvalue weighted by Gasteiger charge is 2.28. The van der Waals surface area contributed by atoms with E-state index in [0.717, 1.165) is 47.1 Å². The molecule has 0 amide bonds. The van der Waals surface area contributed by atoms with E-state index in [0.29, 0.717) is 24.3 Å². The Morgan fingerprint density at radius 2 is 2.14 bits per heavy atom. The summed E-state index contributed by atoms with van der Waals surface area (Å²) in [4.78, 5) is 17.8. The molecule has 2 N–H and O–H groups in total. The van der Waals surface area contributed by atoms with E-state index in [1.165, 1.54) is 0 Å². The lowest BCUT2D eigenvalue weighted by molar-refractivity contribution is 0.0742. The van der Waals surface area contributed by atoms with E-state index < -0.39 is 0 Å². The number of halogens is 1. The molecule has 3 heterocycles. The number of H-pyrrole nitrogens is 1. The highest BCUT2D eigenvalue weighted by atomic mass is 19.1. The molecule has 5 nitrogen and oxygen atoms in total. The molecular weight excluding hydrogens is 371 g/mol. The second kappa shape index (κ2) is 7.37. The average Bonchev–Trinajstić information content (AvgIpc) is 3.28. The molecule has 1 aromatic heterocycles. The maximum absolute atomic E-state index is 15.1. The highest BCUT2D eigenvalue weighted by Crippen LogP contribution is 2.38. The monoisotopic (exact) mass is 394 g/mol. The minimum atomic E-state index is -0.242. The molecule has 1 saturated heterocycles. The molecular formula is C23H23FN2O3. The Morgan fingerprint density at radius 1 is 1.24 bits per heavy atom. The number of benzene rings is 2. The summed E-state index contributed by atoms with van der Waals surface area (Å²) in [5.41, 5.74) is 4.63. The number of aliphatic hydroxyl groups excluding tert-OH is 1. The van der Waals surface area contributed by atoms with Crippen LogP contribution in [0.15, 0.2) is 36.4 Å². The predicted octanol–water partition coefficient (Wildman–Crippen LogP) is 3.82. The topological polar surface area (TPSA) is 65.6 Å². The van der Waals surface area contributed by atoms with Gasteiger partial charge in [0.05, 0.1) is 18.9 Å². The lowest BCUT2D eigenvalue weighted by Crippen LogP contribution is -2.27. The maximum Gasteiger partial charge on any atom is 0.189 e. The number of nitrogens with one attached hydrogen (secondary N) is 1. The summed E-state index contributed by atoms with van der Waals surface area (Å²) in [5, 5.41) is 10.1. The van der Waals surface area contributed by atoms with E-state index in [1.54, 1.807) is 6.07 Å². The van der Waals surface area contributed by atoms with Gasteiger partial charge in [-0.1, -0.05) is 24.3 Å². The number of aliphatic hydroxyl groups is 1. The smallest absolute Gasteiger partial charge is 0.189 e. The van der Waals surface area contributed by atoms with Gasteiger partial charge in [-0.2, -0.15) is 0 Å². The minimum absolute atomic E-state index is 0.00743. The third-order valence-corrected chi connectivity index (χ3v) is 6.11.